The third kappa shape index (κ3) is 3.73. The Morgan fingerprint density at radius 1 is 1.05 bits per heavy atom. The van der Waals surface area contributed by atoms with Crippen molar-refractivity contribution in [3.05, 3.63) is 18.2 Å². The topological polar surface area (TPSA) is 55.8 Å². The second kappa shape index (κ2) is 7.83. The molecule has 6 heteroatoms. The molecular formula is C16H27NO4S. The Labute approximate surface area is 134 Å². The molecule has 0 N–H and O–H groups in total. The lowest BCUT2D eigenvalue weighted by molar-refractivity contribution is 0.261. The van der Waals surface area contributed by atoms with E-state index in [4.69, 9.17) is 9.47 Å². The zero-order valence-electron chi connectivity index (χ0n) is 14.3. The van der Waals surface area contributed by atoms with Gasteiger partial charge in [-0.2, -0.15) is 4.31 Å². The summed E-state index contributed by atoms with van der Waals surface area (Å²) in [4.78, 5) is 0.148. The molecule has 1 aromatic rings. The van der Waals surface area contributed by atoms with E-state index in [1.165, 1.54) is 20.3 Å². The highest BCUT2D eigenvalue weighted by Crippen LogP contribution is 2.33. The number of hydrogen-bond acceptors (Lipinski definition) is 4. The van der Waals surface area contributed by atoms with E-state index in [-0.39, 0.29) is 17.0 Å². The van der Waals surface area contributed by atoms with Crippen LogP contribution in [0.3, 0.4) is 0 Å². The summed E-state index contributed by atoms with van der Waals surface area (Å²) in [5.41, 5.74) is 0. The Morgan fingerprint density at radius 2 is 1.59 bits per heavy atom. The molecule has 0 saturated heterocycles. The van der Waals surface area contributed by atoms with Gasteiger partial charge in [0.05, 0.1) is 14.2 Å². The van der Waals surface area contributed by atoms with E-state index < -0.39 is 10.0 Å². The zero-order valence-corrected chi connectivity index (χ0v) is 15.1. The fourth-order valence-electron chi connectivity index (χ4n) is 2.37. The highest BCUT2D eigenvalue weighted by atomic mass is 32.2. The van der Waals surface area contributed by atoms with E-state index in [2.05, 4.69) is 0 Å². The molecule has 0 aliphatic carbocycles. The van der Waals surface area contributed by atoms with E-state index in [1.807, 2.05) is 27.7 Å². The van der Waals surface area contributed by atoms with Gasteiger partial charge in [-0.3, -0.25) is 0 Å². The molecule has 126 valence electrons. The van der Waals surface area contributed by atoms with Crippen molar-refractivity contribution in [2.75, 3.05) is 14.2 Å². The highest BCUT2D eigenvalue weighted by molar-refractivity contribution is 7.89. The molecule has 0 fully saturated rings. The largest absolute Gasteiger partial charge is 0.497 e. The lowest BCUT2D eigenvalue weighted by atomic mass is 10.2. The molecule has 0 unspecified atom stereocenters. The number of ether oxygens (including phenoxy) is 2. The van der Waals surface area contributed by atoms with Gasteiger partial charge >= 0.3 is 0 Å². The summed E-state index contributed by atoms with van der Waals surface area (Å²) in [5, 5.41) is 0. The lowest BCUT2D eigenvalue weighted by Crippen LogP contribution is -2.44. The van der Waals surface area contributed by atoms with E-state index in [0.29, 0.717) is 11.5 Å². The van der Waals surface area contributed by atoms with Crippen LogP contribution in [0.5, 0.6) is 11.5 Å². The number of hydrogen-bond donors (Lipinski definition) is 0. The summed E-state index contributed by atoms with van der Waals surface area (Å²) in [5.74, 6) is 0.824. The summed E-state index contributed by atoms with van der Waals surface area (Å²) in [7, 11) is -0.688. The average molecular weight is 329 g/mol. The summed E-state index contributed by atoms with van der Waals surface area (Å²) in [6.45, 7) is 7.82. The zero-order chi connectivity index (χ0) is 16.9. The van der Waals surface area contributed by atoms with E-state index in [0.717, 1.165) is 12.8 Å². The second-order valence-electron chi connectivity index (χ2n) is 5.37. The molecule has 0 radical (unpaired) electrons. The van der Waals surface area contributed by atoms with Crippen LogP contribution in [0.2, 0.25) is 0 Å². The van der Waals surface area contributed by atoms with Gasteiger partial charge in [-0.15, -0.1) is 0 Å². The highest BCUT2D eigenvalue weighted by Gasteiger charge is 2.34. The first kappa shape index (κ1) is 18.8. The number of methoxy groups -OCH3 is 2. The Bertz CT molecular complexity index is 576. The maximum Gasteiger partial charge on any atom is 0.247 e. The van der Waals surface area contributed by atoms with Crippen LogP contribution >= 0.6 is 0 Å². The van der Waals surface area contributed by atoms with Crippen LogP contribution in [0.4, 0.5) is 0 Å². The minimum Gasteiger partial charge on any atom is -0.497 e. The van der Waals surface area contributed by atoms with E-state index in [9.17, 15) is 8.42 Å². The van der Waals surface area contributed by atoms with Gasteiger partial charge in [0.15, 0.2) is 0 Å². The first-order valence-corrected chi connectivity index (χ1v) is 9.02. The molecule has 1 aromatic carbocycles. The quantitative estimate of drug-likeness (QED) is 0.734. The van der Waals surface area contributed by atoms with Gasteiger partial charge in [-0.05, 0) is 38.8 Å². The van der Waals surface area contributed by atoms with Crippen molar-refractivity contribution < 1.29 is 17.9 Å². The van der Waals surface area contributed by atoms with Crippen molar-refractivity contribution in [2.24, 2.45) is 0 Å². The van der Waals surface area contributed by atoms with Crippen molar-refractivity contribution in [3.8, 4) is 11.5 Å². The molecule has 0 heterocycles. The van der Waals surface area contributed by atoms with E-state index in [1.54, 1.807) is 16.4 Å². The molecule has 0 aliphatic heterocycles. The normalized spacial score (nSPS) is 14.7. The van der Waals surface area contributed by atoms with Gasteiger partial charge in [0, 0.05) is 18.2 Å². The van der Waals surface area contributed by atoms with Crippen LogP contribution in [0.1, 0.15) is 40.5 Å². The maximum atomic E-state index is 13.2. The minimum absolute atomic E-state index is 0.0872. The molecule has 0 bridgehead atoms. The van der Waals surface area contributed by atoms with Crippen LogP contribution < -0.4 is 9.47 Å². The molecule has 5 nitrogen and oxygen atoms in total. The third-order valence-electron chi connectivity index (χ3n) is 3.98. The Morgan fingerprint density at radius 3 is 2.00 bits per heavy atom. The maximum absolute atomic E-state index is 13.2. The molecule has 1 rings (SSSR count). The number of rotatable bonds is 8. The van der Waals surface area contributed by atoms with Crippen LogP contribution in [0.15, 0.2) is 23.1 Å². The molecule has 22 heavy (non-hydrogen) atoms. The number of benzene rings is 1. The summed E-state index contributed by atoms with van der Waals surface area (Å²) >= 11 is 0. The standard InChI is InChI=1S/C16H27NO4S/c1-7-12(3)17(13(4)8-2)22(18,19)16-11-14(20-5)9-10-15(16)21-6/h9-13H,7-8H2,1-6H3/t12-,13+. The SMILES string of the molecule is CC[C@@H](C)N([C@@H](C)CC)S(=O)(=O)c1cc(OC)ccc1OC. The van der Waals surface area contributed by atoms with Gasteiger partial charge in [0.2, 0.25) is 10.0 Å². The minimum atomic E-state index is -3.67. The van der Waals surface area contributed by atoms with Crippen molar-refractivity contribution in [3.63, 3.8) is 0 Å². The van der Waals surface area contributed by atoms with Gasteiger partial charge in [-0.1, -0.05) is 13.8 Å². The monoisotopic (exact) mass is 329 g/mol. The molecule has 0 spiro atoms. The molecule has 0 amide bonds. The summed E-state index contributed by atoms with van der Waals surface area (Å²) < 4.78 is 38.3. The Kier molecular flexibility index (Phi) is 6.68. The van der Waals surface area contributed by atoms with Crippen molar-refractivity contribution in [2.45, 2.75) is 57.5 Å². The first-order valence-electron chi connectivity index (χ1n) is 7.58. The third-order valence-corrected chi connectivity index (χ3v) is 6.13. The number of sulfonamides is 1. The second-order valence-corrected chi connectivity index (χ2v) is 7.18. The van der Waals surface area contributed by atoms with Crippen LogP contribution in [-0.2, 0) is 10.0 Å². The average Bonchev–Trinajstić information content (AvgIpc) is 2.53. The Hall–Kier alpha value is -1.27. The van der Waals surface area contributed by atoms with Crippen LogP contribution in [0, 0.1) is 0 Å². The smallest absolute Gasteiger partial charge is 0.247 e. The van der Waals surface area contributed by atoms with Crippen molar-refractivity contribution in [1.82, 2.24) is 4.31 Å². The molecule has 0 saturated carbocycles. The van der Waals surface area contributed by atoms with Crippen molar-refractivity contribution >= 4 is 10.0 Å². The predicted molar refractivity (Wildman–Crippen MR) is 88.1 cm³/mol. The summed E-state index contributed by atoms with van der Waals surface area (Å²) in [6.07, 6.45) is 1.49. The van der Waals surface area contributed by atoms with Gasteiger partial charge in [0.25, 0.3) is 0 Å². The Balaban J connectivity index is 3.48. The van der Waals surface area contributed by atoms with Crippen LogP contribution in [0.25, 0.3) is 0 Å². The molecule has 0 aliphatic rings. The molecule has 0 aromatic heterocycles. The predicted octanol–water partition coefficient (Wildman–Crippen LogP) is 3.29. The van der Waals surface area contributed by atoms with Gasteiger partial charge < -0.3 is 9.47 Å². The molecular weight excluding hydrogens is 302 g/mol. The van der Waals surface area contributed by atoms with Crippen LogP contribution in [-0.4, -0.2) is 39.0 Å². The molecule has 2 atom stereocenters. The van der Waals surface area contributed by atoms with Crippen molar-refractivity contribution in [1.29, 1.82) is 0 Å². The first-order chi connectivity index (χ1) is 10.3. The lowest BCUT2D eigenvalue weighted by Gasteiger charge is -2.33. The fourth-order valence-corrected chi connectivity index (χ4v) is 4.51. The number of nitrogens with zero attached hydrogens (tertiary/aromatic N) is 1. The fraction of sp³-hybridized carbons (Fsp3) is 0.625. The van der Waals surface area contributed by atoms with Gasteiger partial charge in [0.1, 0.15) is 16.4 Å². The summed E-state index contributed by atoms with van der Waals surface area (Å²) in [6, 6.07) is 4.66. The van der Waals surface area contributed by atoms with Gasteiger partial charge in [-0.25, -0.2) is 8.42 Å². The van der Waals surface area contributed by atoms with E-state index >= 15 is 0 Å².